The summed E-state index contributed by atoms with van der Waals surface area (Å²) < 4.78 is 5.34. The van der Waals surface area contributed by atoms with Crippen LogP contribution in [0.15, 0.2) is 29.1 Å². The molecule has 2 aromatic rings. The van der Waals surface area contributed by atoms with Crippen LogP contribution in [-0.2, 0) is 16.0 Å². The highest BCUT2D eigenvalue weighted by Crippen LogP contribution is 2.12. The summed E-state index contributed by atoms with van der Waals surface area (Å²) in [7, 11) is 0. The number of rotatable bonds is 5. The molecular formula is C17H22N4O3. The Hall–Kier alpha value is -2.25. The van der Waals surface area contributed by atoms with Crippen molar-refractivity contribution in [3.63, 3.8) is 0 Å². The van der Waals surface area contributed by atoms with Crippen LogP contribution in [0.25, 0.3) is 10.8 Å². The Kier molecular flexibility index (Phi) is 5.22. The highest BCUT2D eigenvalue weighted by atomic mass is 16.5. The molecule has 128 valence electrons. The van der Waals surface area contributed by atoms with Crippen LogP contribution in [0.3, 0.4) is 0 Å². The number of nitrogens with one attached hydrogen (secondary N) is 2. The van der Waals surface area contributed by atoms with Crippen LogP contribution in [0.5, 0.6) is 0 Å². The lowest BCUT2D eigenvalue weighted by molar-refractivity contribution is -0.120. The first-order valence-electron chi connectivity index (χ1n) is 8.20. The first kappa shape index (κ1) is 16.6. The van der Waals surface area contributed by atoms with Gasteiger partial charge in [-0.1, -0.05) is 18.2 Å². The highest BCUT2D eigenvalue weighted by Gasteiger charge is 2.18. The van der Waals surface area contributed by atoms with Crippen molar-refractivity contribution < 1.29 is 9.53 Å². The van der Waals surface area contributed by atoms with Crippen LogP contribution in [0.4, 0.5) is 0 Å². The minimum absolute atomic E-state index is 0.0974. The zero-order valence-corrected chi connectivity index (χ0v) is 13.7. The smallest absolute Gasteiger partial charge is 0.272 e. The first-order valence-corrected chi connectivity index (χ1v) is 8.20. The molecule has 7 heteroatoms. The topological polar surface area (TPSA) is 87.3 Å². The van der Waals surface area contributed by atoms with Gasteiger partial charge in [0.25, 0.3) is 5.56 Å². The Bertz CT molecular complexity index is 768. The van der Waals surface area contributed by atoms with Crippen LogP contribution in [0.2, 0.25) is 0 Å². The van der Waals surface area contributed by atoms with E-state index in [1.165, 1.54) is 0 Å². The van der Waals surface area contributed by atoms with E-state index < -0.39 is 0 Å². The van der Waals surface area contributed by atoms with Gasteiger partial charge in [0.1, 0.15) is 0 Å². The molecule has 1 unspecified atom stereocenters. The molecule has 3 rings (SSSR count). The summed E-state index contributed by atoms with van der Waals surface area (Å²) in [6, 6.07) is 7.45. The lowest BCUT2D eigenvalue weighted by atomic mass is 10.1. The molecule has 1 aromatic carbocycles. The normalized spacial score (nSPS) is 16.9. The molecule has 7 nitrogen and oxygen atoms in total. The maximum Gasteiger partial charge on any atom is 0.272 e. The highest BCUT2D eigenvalue weighted by molar-refractivity contribution is 5.88. The predicted molar refractivity (Wildman–Crippen MR) is 90.9 cm³/mol. The second-order valence-corrected chi connectivity index (χ2v) is 6.02. The Balaban J connectivity index is 1.61. The van der Waals surface area contributed by atoms with Gasteiger partial charge in [-0.3, -0.25) is 14.5 Å². The van der Waals surface area contributed by atoms with Gasteiger partial charge in [0.2, 0.25) is 5.91 Å². The molecule has 1 aromatic heterocycles. The number of hydrogen-bond donors (Lipinski definition) is 2. The monoisotopic (exact) mass is 330 g/mol. The summed E-state index contributed by atoms with van der Waals surface area (Å²) in [4.78, 5) is 26.3. The van der Waals surface area contributed by atoms with E-state index in [0.717, 1.165) is 31.7 Å². The number of fused-ring (bicyclic) bond motifs is 1. The summed E-state index contributed by atoms with van der Waals surface area (Å²) in [5, 5.41) is 10.7. The van der Waals surface area contributed by atoms with E-state index in [4.69, 9.17) is 4.74 Å². The molecule has 1 amide bonds. The van der Waals surface area contributed by atoms with Gasteiger partial charge in [0, 0.05) is 31.1 Å². The summed E-state index contributed by atoms with van der Waals surface area (Å²) >= 11 is 0. The largest absolute Gasteiger partial charge is 0.379 e. The molecule has 1 atom stereocenters. The maximum atomic E-state index is 12.2. The van der Waals surface area contributed by atoms with Crippen molar-refractivity contribution in [1.82, 2.24) is 20.4 Å². The fourth-order valence-electron chi connectivity index (χ4n) is 2.93. The van der Waals surface area contributed by atoms with Crippen molar-refractivity contribution in [2.24, 2.45) is 0 Å². The molecule has 2 heterocycles. The molecule has 1 saturated heterocycles. The van der Waals surface area contributed by atoms with E-state index in [0.29, 0.717) is 17.6 Å². The third kappa shape index (κ3) is 3.80. The number of aromatic amines is 1. The minimum Gasteiger partial charge on any atom is -0.379 e. The van der Waals surface area contributed by atoms with Crippen LogP contribution in [-0.4, -0.2) is 59.9 Å². The minimum atomic E-state index is -0.240. The lowest BCUT2D eigenvalue weighted by Gasteiger charge is -2.32. The molecular weight excluding hydrogens is 308 g/mol. The molecule has 0 saturated carbocycles. The third-order valence-corrected chi connectivity index (χ3v) is 4.37. The molecule has 1 fully saturated rings. The van der Waals surface area contributed by atoms with Crippen molar-refractivity contribution in [3.8, 4) is 0 Å². The van der Waals surface area contributed by atoms with Crippen molar-refractivity contribution in [2.75, 3.05) is 32.8 Å². The van der Waals surface area contributed by atoms with Gasteiger partial charge in [0.15, 0.2) is 0 Å². The fraction of sp³-hybridized carbons (Fsp3) is 0.471. The van der Waals surface area contributed by atoms with Gasteiger partial charge >= 0.3 is 0 Å². The maximum absolute atomic E-state index is 12.2. The van der Waals surface area contributed by atoms with E-state index in [2.05, 4.69) is 27.3 Å². The molecule has 2 N–H and O–H groups in total. The Morgan fingerprint density at radius 1 is 1.33 bits per heavy atom. The second kappa shape index (κ2) is 7.55. The van der Waals surface area contributed by atoms with Crippen LogP contribution in [0.1, 0.15) is 12.6 Å². The number of carbonyl (C=O) groups is 1. The molecule has 24 heavy (non-hydrogen) atoms. The average molecular weight is 330 g/mol. The van der Waals surface area contributed by atoms with Gasteiger partial charge in [-0.2, -0.15) is 5.10 Å². The number of hydrogen-bond acceptors (Lipinski definition) is 5. The number of ether oxygens (including phenoxy) is 1. The number of amides is 1. The van der Waals surface area contributed by atoms with Crippen LogP contribution < -0.4 is 10.9 Å². The van der Waals surface area contributed by atoms with Gasteiger partial charge in [0.05, 0.1) is 30.7 Å². The summed E-state index contributed by atoms with van der Waals surface area (Å²) in [6.45, 7) is 5.95. The number of morpholine rings is 1. The van der Waals surface area contributed by atoms with Crippen LogP contribution in [0, 0.1) is 0 Å². The van der Waals surface area contributed by atoms with E-state index in [-0.39, 0.29) is 23.9 Å². The SMILES string of the molecule is CC(CNC(=O)Cc1n[nH]c(=O)c2ccccc12)N1CCOCC1. The van der Waals surface area contributed by atoms with Gasteiger partial charge < -0.3 is 10.1 Å². The summed E-state index contributed by atoms with van der Waals surface area (Å²) in [5.74, 6) is -0.0974. The molecule has 1 aliphatic heterocycles. The molecule has 1 aliphatic rings. The summed E-state index contributed by atoms with van der Waals surface area (Å²) in [5.41, 5.74) is 0.345. The molecule has 0 aliphatic carbocycles. The van der Waals surface area contributed by atoms with Crippen molar-refractivity contribution in [1.29, 1.82) is 0 Å². The second-order valence-electron chi connectivity index (χ2n) is 6.02. The molecule has 0 radical (unpaired) electrons. The van der Waals surface area contributed by atoms with Crippen LogP contribution >= 0.6 is 0 Å². The number of H-pyrrole nitrogens is 1. The van der Waals surface area contributed by atoms with Crippen molar-refractivity contribution >= 4 is 16.7 Å². The quantitative estimate of drug-likeness (QED) is 0.823. The predicted octanol–water partition coefficient (Wildman–Crippen LogP) is 0.303. The third-order valence-electron chi connectivity index (χ3n) is 4.37. The Labute approximate surface area is 140 Å². The summed E-state index contributed by atoms with van der Waals surface area (Å²) in [6.07, 6.45) is 0.146. The van der Waals surface area contributed by atoms with Crippen molar-refractivity contribution in [3.05, 3.63) is 40.3 Å². The van der Waals surface area contributed by atoms with E-state index in [9.17, 15) is 9.59 Å². The van der Waals surface area contributed by atoms with Gasteiger partial charge in [-0.25, -0.2) is 5.10 Å². The molecule has 0 bridgehead atoms. The zero-order valence-electron chi connectivity index (χ0n) is 13.7. The standard InChI is InChI=1S/C17H22N4O3/c1-12(21-6-8-24-9-7-21)11-18-16(22)10-15-13-4-2-3-5-14(13)17(23)20-19-15/h2-5,12H,6-11H2,1H3,(H,18,22)(H,20,23). The fourth-order valence-corrected chi connectivity index (χ4v) is 2.93. The first-order chi connectivity index (χ1) is 11.6. The Morgan fingerprint density at radius 3 is 2.79 bits per heavy atom. The number of aromatic nitrogens is 2. The zero-order chi connectivity index (χ0) is 16.9. The van der Waals surface area contributed by atoms with E-state index >= 15 is 0 Å². The Morgan fingerprint density at radius 2 is 2.04 bits per heavy atom. The average Bonchev–Trinajstić information content (AvgIpc) is 2.63. The molecule has 0 spiro atoms. The lowest BCUT2D eigenvalue weighted by Crippen LogP contribution is -2.47. The van der Waals surface area contributed by atoms with Gasteiger partial charge in [-0.15, -0.1) is 0 Å². The number of nitrogens with zero attached hydrogens (tertiary/aromatic N) is 2. The number of carbonyl (C=O) groups excluding carboxylic acids is 1. The number of benzene rings is 1. The van der Waals surface area contributed by atoms with Gasteiger partial charge in [-0.05, 0) is 13.0 Å². The van der Waals surface area contributed by atoms with E-state index in [1.54, 1.807) is 12.1 Å². The van der Waals surface area contributed by atoms with E-state index in [1.807, 2.05) is 12.1 Å². The van der Waals surface area contributed by atoms with Crippen molar-refractivity contribution in [2.45, 2.75) is 19.4 Å².